The van der Waals surface area contributed by atoms with Gasteiger partial charge in [-0.05, 0) is 38.0 Å². The highest BCUT2D eigenvalue weighted by atomic mass is 35.5. The van der Waals surface area contributed by atoms with Crippen LogP contribution in [-0.2, 0) is 5.67 Å². The fraction of sp³-hybridized carbons (Fsp3) is 0.455. The predicted octanol–water partition coefficient (Wildman–Crippen LogP) is 3.73. The van der Waals surface area contributed by atoms with Crippen LogP contribution in [0.25, 0.3) is 0 Å². The summed E-state index contributed by atoms with van der Waals surface area (Å²) in [7, 11) is 0. The molecule has 1 unspecified atom stereocenters. The van der Waals surface area contributed by atoms with Gasteiger partial charge in [-0.3, -0.25) is 0 Å². The van der Waals surface area contributed by atoms with E-state index in [0.29, 0.717) is 17.0 Å². The summed E-state index contributed by atoms with van der Waals surface area (Å²) < 4.78 is 14.2. The summed E-state index contributed by atoms with van der Waals surface area (Å²) in [6.07, 6.45) is 1.40. The van der Waals surface area contributed by atoms with E-state index >= 15 is 0 Å². The van der Waals surface area contributed by atoms with Crippen molar-refractivity contribution in [1.82, 2.24) is 0 Å². The molecule has 1 aliphatic rings. The first kappa shape index (κ1) is 9.78. The molecule has 1 aromatic carbocycles. The molecular weight excluding hydrogens is 201 g/mol. The molecule has 0 fully saturated rings. The molecule has 0 saturated carbocycles. The van der Waals surface area contributed by atoms with Gasteiger partial charge in [0.15, 0.2) is 0 Å². The number of fused-ring (bicyclic) bond motifs is 1. The van der Waals surface area contributed by atoms with Crippen molar-refractivity contribution in [2.24, 2.45) is 0 Å². The highest BCUT2D eigenvalue weighted by Crippen LogP contribution is 2.38. The van der Waals surface area contributed by atoms with E-state index in [9.17, 15) is 4.39 Å². The SMILES string of the molecule is CC1(F)CCCNc2ccc(Cl)cc21. The van der Waals surface area contributed by atoms with Crippen LogP contribution >= 0.6 is 11.6 Å². The van der Waals surface area contributed by atoms with Gasteiger partial charge in [0.1, 0.15) is 5.67 Å². The lowest BCUT2D eigenvalue weighted by molar-refractivity contribution is 0.178. The summed E-state index contributed by atoms with van der Waals surface area (Å²) in [6.45, 7) is 2.45. The van der Waals surface area contributed by atoms with E-state index in [1.807, 2.05) is 6.07 Å². The van der Waals surface area contributed by atoms with Crippen molar-refractivity contribution >= 4 is 17.3 Å². The molecule has 0 aliphatic carbocycles. The third kappa shape index (κ3) is 1.71. The Hall–Kier alpha value is -0.760. The molecule has 1 heterocycles. The first-order valence-corrected chi connectivity index (χ1v) is 5.20. The van der Waals surface area contributed by atoms with Gasteiger partial charge in [0.05, 0.1) is 0 Å². The quantitative estimate of drug-likeness (QED) is 0.693. The number of hydrogen-bond acceptors (Lipinski definition) is 1. The lowest BCUT2D eigenvalue weighted by Gasteiger charge is -2.20. The largest absolute Gasteiger partial charge is 0.385 e. The van der Waals surface area contributed by atoms with Crippen molar-refractivity contribution in [2.45, 2.75) is 25.4 Å². The minimum absolute atomic E-state index is 0.549. The highest BCUT2D eigenvalue weighted by Gasteiger charge is 2.30. The Labute approximate surface area is 88.3 Å². The molecule has 1 nitrogen and oxygen atoms in total. The molecular formula is C11H13ClFN. The monoisotopic (exact) mass is 213 g/mol. The van der Waals surface area contributed by atoms with Gasteiger partial charge in [0, 0.05) is 22.8 Å². The summed E-state index contributed by atoms with van der Waals surface area (Å²) >= 11 is 5.86. The van der Waals surface area contributed by atoms with Gasteiger partial charge in [-0.1, -0.05) is 11.6 Å². The van der Waals surface area contributed by atoms with Crippen molar-refractivity contribution in [3.8, 4) is 0 Å². The zero-order valence-corrected chi connectivity index (χ0v) is 8.87. The Kier molecular flexibility index (Phi) is 2.40. The summed E-state index contributed by atoms with van der Waals surface area (Å²) in [5.74, 6) is 0. The molecule has 0 bridgehead atoms. The van der Waals surface area contributed by atoms with E-state index in [4.69, 9.17) is 11.6 Å². The molecule has 2 rings (SSSR count). The molecule has 3 heteroatoms. The number of hydrogen-bond donors (Lipinski definition) is 1. The van der Waals surface area contributed by atoms with Gasteiger partial charge in [-0.2, -0.15) is 0 Å². The van der Waals surface area contributed by atoms with Crippen molar-refractivity contribution < 1.29 is 4.39 Å². The second-order valence-corrected chi connectivity index (χ2v) is 4.35. The maximum absolute atomic E-state index is 14.2. The summed E-state index contributed by atoms with van der Waals surface area (Å²) in [4.78, 5) is 0. The van der Waals surface area contributed by atoms with Gasteiger partial charge in [0.2, 0.25) is 0 Å². The third-order valence-corrected chi connectivity index (χ3v) is 2.92. The van der Waals surface area contributed by atoms with Gasteiger partial charge >= 0.3 is 0 Å². The Morgan fingerprint density at radius 2 is 2.29 bits per heavy atom. The maximum Gasteiger partial charge on any atom is 0.135 e. The first-order valence-electron chi connectivity index (χ1n) is 4.82. The van der Waals surface area contributed by atoms with Gasteiger partial charge in [0.25, 0.3) is 0 Å². The molecule has 0 amide bonds. The van der Waals surface area contributed by atoms with Crippen LogP contribution in [0, 0.1) is 0 Å². The van der Waals surface area contributed by atoms with E-state index in [1.54, 1.807) is 19.1 Å². The average Bonchev–Trinajstić information content (AvgIpc) is 2.26. The zero-order valence-electron chi connectivity index (χ0n) is 8.11. The molecule has 0 radical (unpaired) electrons. The average molecular weight is 214 g/mol. The highest BCUT2D eigenvalue weighted by molar-refractivity contribution is 6.30. The minimum atomic E-state index is -1.26. The Bertz CT molecular complexity index is 349. The molecule has 14 heavy (non-hydrogen) atoms. The molecule has 76 valence electrons. The first-order chi connectivity index (χ1) is 6.59. The zero-order chi connectivity index (χ0) is 10.2. The maximum atomic E-state index is 14.2. The summed E-state index contributed by atoms with van der Waals surface area (Å²) in [6, 6.07) is 5.35. The molecule has 1 aliphatic heterocycles. The normalized spacial score (nSPS) is 26.2. The van der Waals surface area contributed by atoms with Crippen LogP contribution in [0.4, 0.5) is 10.1 Å². The van der Waals surface area contributed by atoms with E-state index < -0.39 is 5.67 Å². The van der Waals surface area contributed by atoms with Crippen molar-refractivity contribution in [3.63, 3.8) is 0 Å². The fourth-order valence-corrected chi connectivity index (χ4v) is 2.05. The van der Waals surface area contributed by atoms with Crippen molar-refractivity contribution in [1.29, 1.82) is 0 Å². The van der Waals surface area contributed by atoms with E-state index in [-0.39, 0.29) is 0 Å². The van der Waals surface area contributed by atoms with Crippen LogP contribution in [0.1, 0.15) is 25.3 Å². The standard InChI is InChI=1S/C11H13ClFN/c1-11(13)5-2-6-14-10-4-3-8(12)7-9(10)11/h3-4,7,14H,2,5-6H2,1H3. The van der Waals surface area contributed by atoms with Gasteiger partial charge < -0.3 is 5.32 Å². The lowest BCUT2D eigenvalue weighted by Crippen LogP contribution is -2.14. The Morgan fingerprint density at radius 1 is 1.50 bits per heavy atom. The van der Waals surface area contributed by atoms with E-state index in [2.05, 4.69) is 5.32 Å². The van der Waals surface area contributed by atoms with Crippen LogP contribution in [0.3, 0.4) is 0 Å². The summed E-state index contributed by atoms with van der Waals surface area (Å²) in [5.41, 5.74) is 0.295. The molecule has 0 saturated heterocycles. The number of alkyl halides is 1. The van der Waals surface area contributed by atoms with Gasteiger partial charge in [-0.25, -0.2) is 4.39 Å². The lowest BCUT2D eigenvalue weighted by atomic mass is 9.93. The van der Waals surface area contributed by atoms with Crippen LogP contribution in [-0.4, -0.2) is 6.54 Å². The molecule has 1 aromatic rings. The number of benzene rings is 1. The molecule has 0 aromatic heterocycles. The van der Waals surface area contributed by atoms with Crippen molar-refractivity contribution in [2.75, 3.05) is 11.9 Å². The van der Waals surface area contributed by atoms with Crippen LogP contribution in [0.5, 0.6) is 0 Å². The van der Waals surface area contributed by atoms with Crippen LogP contribution < -0.4 is 5.32 Å². The Morgan fingerprint density at radius 3 is 3.07 bits per heavy atom. The van der Waals surface area contributed by atoms with Gasteiger partial charge in [-0.15, -0.1) is 0 Å². The van der Waals surface area contributed by atoms with E-state index in [0.717, 1.165) is 18.7 Å². The molecule has 0 spiro atoms. The molecule has 1 N–H and O–H groups in total. The second-order valence-electron chi connectivity index (χ2n) is 3.92. The topological polar surface area (TPSA) is 12.0 Å². The second kappa shape index (κ2) is 3.43. The fourth-order valence-electron chi connectivity index (χ4n) is 1.88. The third-order valence-electron chi connectivity index (χ3n) is 2.68. The smallest absolute Gasteiger partial charge is 0.135 e. The number of halogens is 2. The number of rotatable bonds is 0. The molecule has 1 atom stereocenters. The predicted molar refractivity (Wildman–Crippen MR) is 57.6 cm³/mol. The van der Waals surface area contributed by atoms with Crippen molar-refractivity contribution in [3.05, 3.63) is 28.8 Å². The van der Waals surface area contributed by atoms with E-state index in [1.165, 1.54) is 0 Å². The summed E-state index contributed by atoms with van der Waals surface area (Å²) in [5, 5.41) is 3.80. The number of nitrogens with one attached hydrogen (secondary N) is 1. The minimum Gasteiger partial charge on any atom is -0.385 e. The van der Waals surface area contributed by atoms with Crippen LogP contribution in [0.15, 0.2) is 18.2 Å². The Balaban J connectivity index is 2.52. The number of anilines is 1. The van der Waals surface area contributed by atoms with Crippen LogP contribution in [0.2, 0.25) is 5.02 Å².